The van der Waals surface area contributed by atoms with Gasteiger partial charge in [-0.3, -0.25) is 0 Å². The van der Waals surface area contributed by atoms with Gasteiger partial charge in [0.2, 0.25) is 0 Å². The van der Waals surface area contributed by atoms with E-state index in [1.165, 1.54) is 0 Å². The molecule has 2 rings (SSSR count). The summed E-state index contributed by atoms with van der Waals surface area (Å²) in [5.74, 6) is 0. The molecule has 2 saturated heterocycles. The first-order valence-electron chi connectivity index (χ1n) is 10.5. The molecule has 0 aromatic rings. The van der Waals surface area contributed by atoms with Crippen LogP contribution in [-0.4, -0.2) is 49.8 Å². The SMILES string of the molecule is B[C@@H]1O[C@@H]2CO[Si](C(C)C)(C(C)C)O[Si](C(C)C)(C(C)C)O[C@H]2C1(C)C. The van der Waals surface area contributed by atoms with Gasteiger partial charge in [0.1, 0.15) is 14.0 Å². The fraction of sp³-hybridized carbons (Fsp3) is 1.00. The maximum atomic E-state index is 7.23. The summed E-state index contributed by atoms with van der Waals surface area (Å²) in [7, 11) is -2.82. The van der Waals surface area contributed by atoms with E-state index in [0.29, 0.717) is 28.8 Å². The quantitative estimate of drug-likeness (QED) is 0.659. The summed E-state index contributed by atoms with van der Waals surface area (Å²) in [5.41, 5.74) is 1.43. The van der Waals surface area contributed by atoms with Gasteiger partial charge in [0.15, 0.2) is 0 Å². The Kier molecular flexibility index (Phi) is 6.64. The lowest BCUT2D eigenvalue weighted by Crippen LogP contribution is -2.66. The smallest absolute Gasteiger partial charge is 0.335 e. The highest BCUT2D eigenvalue weighted by molar-refractivity contribution is 6.84. The Morgan fingerprint density at radius 2 is 1.31 bits per heavy atom. The van der Waals surface area contributed by atoms with Crippen molar-refractivity contribution in [1.82, 2.24) is 0 Å². The van der Waals surface area contributed by atoms with E-state index in [4.69, 9.17) is 17.7 Å². The lowest BCUT2D eigenvalue weighted by molar-refractivity contribution is -0.0302. The fourth-order valence-electron chi connectivity index (χ4n) is 4.70. The highest BCUT2D eigenvalue weighted by Crippen LogP contribution is 2.50. The number of hydrogen-bond acceptors (Lipinski definition) is 4. The molecule has 152 valence electrons. The zero-order chi connectivity index (χ0) is 20.1. The van der Waals surface area contributed by atoms with Gasteiger partial charge in [-0.15, -0.1) is 0 Å². The minimum absolute atomic E-state index is 0.00218. The van der Waals surface area contributed by atoms with Crippen molar-refractivity contribution in [3.63, 3.8) is 0 Å². The highest BCUT2D eigenvalue weighted by Gasteiger charge is 2.62. The zero-order valence-corrected chi connectivity index (χ0v) is 20.9. The number of hydrogen-bond donors (Lipinski definition) is 0. The molecule has 2 heterocycles. The molecule has 7 heteroatoms. The van der Waals surface area contributed by atoms with Crippen molar-refractivity contribution in [3.05, 3.63) is 0 Å². The predicted octanol–water partition coefficient (Wildman–Crippen LogP) is 4.33. The standard InChI is InChI=1S/C19H41BO4Si2/c1-12(2)25(13(3)4)21-11-16-17(19(9,10)18(20)22-16)23-26(24-25,14(5)6)15(7)8/h12-18H,11,20H2,1-10H3/t16-,17-,18-/m1/s1. The normalized spacial score (nSPS) is 33.5. The van der Waals surface area contributed by atoms with Crippen LogP contribution in [0.5, 0.6) is 0 Å². The lowest BCUT2D eigenvalue weighted by Gasteiger charge is -2.52. The fourth-order valence-corrected chi connectivity index (χ4v) is 16.0. The molecule has 0 bridgehead atoms. The monoisotopic (exact) mass is 400 g/mol. The van der Waals surface area contributed by atoms with Crippen molar-refractivity contribution in [2.45, 2.75) is 110 Å². The summed E-state index contributed by atoms with van der Waals surface area (Å²) >= 11 is 0. The third kappa shape index (κ3) is 3.52. The van der Waals surface area contributed by atoms with Crippen LogP contribution in [0.15, 0.2) is 0 Å². The largest absolute Gasteiger partial charge is 0.414 e. The van der Waals surface area contributed by atoms with E-state index >= 15 is 0 Å². The van der Waals surface area contributed by atoms with Crippen LogP contribution in [0.4, 0.5) is 0 Å². The van der Waals surface area contributed by atoms with Gasteiger partial charge < -0.3 is 17.7 Å². The van der Waals surface area contributed by atoms with Gasteiger partial charge >= 0.3 is 17.1 Å². The second-order valence-corrected chi connectivity index (χ2v) is 19.0. The minimum atomic E-state index is -2.53. The van der Waals surface area contributed by atoms with Crippen LogP contribution < -0.4 is 0 Å². The first kappa shape index (κ1) is 22.6. The van der Waals surface area contributed by atoms with E-state index in [2.05, 4.69) is 77.1 Å². The Balaban J connectivity index is 2.58. The molecular weight excluding hydrogens is 359 g/mol. The molecule has 4 nitrogen and oxygen atoms in total. The molecule has 2 aliphatic heterocycles. The molecule has 0 aromatic carbocycles. The summed E-state index contributed by atoms with van der Waals surface area (Å²) < 4.78 is 27.5. The zero-order valence-electron chi connectivity index (χ0n) is 18.9. The van der Waals surface area contributed by atoms with Crippen LogP contribution in [-0.2, 0) is 17.7 Å². The highest BCUT2D eigenvalue weighted by atomic mass is 28.5. The molecule has 26 heavy (non-hydrogen) atoms. The second kappa shape index (κ2) is 7.64. The minimum Gasteiger partial charge on any atom is -0.414 e. The van der Waals surface area contributed by atoms with Crippen molar-refractivity contribution in [2.24, 2.45) is 5.41 Å². The molecule has 0 aromatic heterocycles. The molecule has 0 unspecified atom stereocenters. The molecular formula is C19H41BO4Si2. The van der Waals surface area contributed by atoms with Gasteiger partial charge in [-0.05, 0) is 22.2 Å². The van der Waals surface area contributed by atoms with Crippen molar-refractivity contribution in [2.75, 3.05) is 6.61 Å². The van der Waals surface area contributed by atoms with Crippen molar-refractivity contribution >= 4 is 25.0 Å². The summed E-state index contributed by atoms with van der Waals surface area (Å²) in [6, 6.07) is 0.152. The van der Waals surface area contributed by atoms with Crippen molar-refractivity contribution < 1.29 is 17.7 Å². The number of ether oxygens (including phenoxy) is 1. The molecule has 3 atom stereocenters. The second-order valence-electron chi connectivity index (χ2n) is 10.2. The van der Waals surface area contributed by atoms with Gasteiger partial charge in [0.25, 0.3) is 0 Å². The van der Waals surface area contributed by atoms with Crippen LogP contribution in [0.2, 0.25) is 22.2 Å². The van der Waals surface area contributed by atoms with Crippen LogP contribution in [0.3, 0.4) is 0 Å². The Morgan fingerprint density at radius 1 is 0.846 bits per heavy atom. The van der Waals surface area contributed by atoms with Gasteiger partial charge in [-0.2, -0.15) is 0 Å². The molecule has 2 aliphatic rings. The van der Waals surface area contributed by atoms with Crippen molar-refractivity contribution in [3.8, 4) is 0 Å². The van der Waals surface area contributed by atoms with Gasteiger partial charge in [0.05, 0.1) is 12.7 Å². The summed E-state index contributed by atoms with van der Waals surface area (Å²) in [6.45, 7) is 23.2. The Morgan fingerprint density at radius 3 is 1.73 bits per heavy atom. The Bertz CT molecular complexity index is 480. The van der Waals surface area contributed by atoms with E-state index in [9.17, 15) is 0 Å². The Hall–Kier alpha value is 0.339. The van der Waals surface area contributed by atoms with E-state index in [1.807, 2.05) is 0 Å². The van der Waals surface area contributed by atoms with E-state index < -0.39 is 17.1 Å². The number of fused-ring (bicyclic) bond motifs is 1. The summed E-state index contributed by atoms with van der Waals surface area (Å²) in [5, 5.41) is 0. The van der Waals surface area contributed by atoms with E-state index in [1.54, 1.807) is 0 Å². The molecule has 0 aliphatic carbocycles. The van der Waals surface area contributed by atoms with Crippen LogP contribution in [0.25, 0.3) is 0 Å². The van der Waals surface area contributed by atoms with Gasteiger partial charge in [0, 0.05) is 11.4 Å². The third-order valence-corrected chi connectivity index (χ3v) is 17.1. The summed E-state index contributed by atoms with van der Waals surface area (Å²) in [6.07, 6.45) is 0.0259. The van der Waals surface area contributed by atoms with Crippen molar-refractivity contribution in [1.29, 1.82) is 0 Å². The predicted molar refractivity (Wildman–Crippen MR) is 115 cm³/mol. The topological polar surface area (TPSA) is 36.9 Å². The van der Waals surface area contributed by atoms with Gasteiger partial charge in [-0.1, -0.05) is 69.2 Å². The summed E-state index contributed by atoms with van der Waals surface area (Å²) in [4.78, 5) is 0. The molecule has 0 amide bonds. The van der Waals surface area contributed by atoms with Crippen LogP contribution >= 0.6 is 0 Å². The molecule has 0 radical (unpaired) electrons. The maximum absolute atomic E-state index is 7.23. The number of rotatable bonds is 4. The average Bonchev–Trinajstić information content (AvgIpc) is 2.68. The maximum Gasteiger partial charge on any atom is 0.335 e. The third-order valence-electron chi connectivity index (χ3n) is 6.82. The molecule has 0 spiro atoms. The van der Waals surface area contributed by atoms with E-state index in [0.717, 1.165) is 0 Å². The average molecular weight is 401 g/mol. The van der Waals surface area contributed by atoms with Crippen LogP contribution in [0, 0.1) is 5.41 Å². The van der Waals surface area contributed by atoms with E-state index in [-0.39, 0.29) is 23.6 Å². The lowest BCUT2D eigenvalue weighted by atomic mass is 9.73. The first-order chi connectivity index (χ1) is 11.8. The van der Waals surface area contributed by atoms with Crippen LogP contribution in [0.1, 0.15) is 69.2 Å². The molecule has 0 N–H and O–H groups in total. The molecule has 2 fully saturated rings. The molecule has 0 saturated carbocycles. The van der Waals surface area contributed by atoms with Gasteiger partial charge in [-0.25, -0.2) is 0 Å². The first-order valence-corrected chi connectivity index (χ1v) is 14.4. The Labute approximate surface area is 164 Å².